The SMILES string of the molecule is CCCC(COC)Nc1nccn2nc(C(F)(F)F)cc12. The summed E-state index contributed by atoms with van der Waals surface area (Å²) in [6.07, 6.45) is 0.0892. The molecule has 2 aromatic heterocycles. The summed E-state index contributed by atoms with van der Waals surface area (Å²) in [6.45, 7) is 2.48. The Morgan fingerprint density at radius 3 is 2.81 bits per heavy atom. The number of ether oxygens (including phenoxy) is 1. The fraction of sp³-hybridized carbons (Fsp3) is 0.538. The van der Waals surface area contributed by atoms with Gasteiger partial charge in [-0.05, 0) is 6.42 Å². The molecule has 0 saturated carbocycles. The third-order valence-corrected chi connectivity index (χ3v) is 3.03. The van der Waals surface area contributed by atoms with Gasteiger partial charge in [-0.2, -0.15) is 18.3 Å². The van der Waals surface area contributed by atoms with Crippen LogP contribution in [0, 0.1) is 0 Å². The topological polar surface area (TPSA) is 51.5 Å². The summed E-state index contributed by atoms with van der Waals surface area (Å²) in [6, 6.07) is 0.980. The molecular weight excluding hydrogens is 285 g/mol. The van der Waals surface area contributed by atoms with Gasteiger partial charge >= 0.3 is 6.18 Å². The first-order valence-electron chi connectivity index (χ1n) is 6.62. The van der Waals surface area contributed by atoms with Gasteiger partial charge in [0.15, 0.2) is 11.5 Å². The van der Waals surface area contributed by atoms with Crippen LogP contribution in [-0.4, -0.2) is 34.4 Å². The van der Waals surface area contributed by atoms with Gasteiger partial charge in [-0.15, -0.1) is 0 Å². The number of hydrogen-bond acceptors (Lipinski definition) is 4. The molecule has 0 bridgehead atoms. The summed E-state index contributed by atoms with van der Waals surface area (Å²) in [4.78, 5) is 4.11. The molecule has 0 radical (unpaired) electrons. The van der Waals surface area contributed by atoms with Gasteiger partial charge in [0, 0.05) is 25.6 Å². The van der Waals surface area contributed by atoms with Crippen molar-refractivity contribution in [3.05, 3.63) is 24.2 Å². The summed E-state index contributed by atoms with van der Waals surface area (Å²) >= 11 is 0. The normalized spacial score (nSPS) is 13.6. The van der Waals surface area contributed by atoms with E-state index in [2.05, 4.69) is 15.4 Å². The van der Waals surface area contributed by atoms with Crippen LogP contribution in [0.3, 0.4) is 0 Å². The van der Waals surface area contributed by atoms with E-state index in [9.17, 15) is 13.2 Å². The van der Waals surface area contributed by atoms with Crippen molar-refractivity contribution in [2.45, 2.75) is 32.0 Å². The molecular formula is C13H17F3N4O. The zero-order valence-electron chi connectivity index (χ0n) is 11.8. The molecule has 1 atom stereocenters. The number of hydrogen-bond donors (Lipinski definition) is 1. The van der Waals surface area contributed by atoms with Crippen molar-refractivity contribution >= 4 is 11.3 Å². The maximum Gasteiger partial charge on any atom is 0.435 e. The molecule has 8 heteroatoms. The van der Waals surface area contributed by atoms with Gasteiger partial charge in [-0.25, -0.2) is 9.50 Å². The average molecular weight is 302 g/mol. The Balaban J connectivity index is 2.33. The van der Waals surface area contributed by atoms with Crippen LogP contribution < -0.4 is 5.32 Å². The van der Waals surface area contributed by atoms with Gasteiger partial charge in [-0.3, -0.25) is 0 Å². The number of methoxy groups -OCH3 is 1. The van der Waals surface area contributed by atoms with Crippen LogP contribution >= 0.6 is 0 Å². The lowest BCUT2D eigenvalue weighted by Crippen LogP contribution is -2.25. The standard InChI is InChI=1S/C13H17F3N4O/c1-3-4-9(8-21-2)18-12-10-7-11(13(14,15)16)19-20(10)6-5-17-12/h5-7,9H,3-4,8H2,1-2H3,(H,17,18). The lowest BCUT2D eigenvalue weighted by atomic mass is 10.2. The summed E-state index contributed by atoms with van der Waals surface area (Å²) in [5.74, 6) is 0.371. The molecule has 21 heavy (non-hydrogen) atoms. The number of aromatic nitrogens is 3. The third kappa shape index (κ3) is 3.63. The van der Waals surface area contributed by atoms with Gasteiger partial charge < -0.3 is 10.1 Å². The maximum atomic E-state index is 12.7. The van der Waals surface area contributed by atoms with Crippen molar-refractivity contribution in [2.75, 3.05) is 19.0 Å². The first-order chi connectivity index (χ1) is 9.95. The Hall–Kier alpha value is -1.83. The van der Waals surface area contributed by atoms with E-state index < -0.39 is 11.9 Å². The van der Waals surface area contributed by atoms with Crippen LogP contribution in [0.4, 0.5) is 19.0 Å². The van der Waals surface area contributed by atoms with E-state index >= 15 is 0 Å². The van der Waals surface area contributed by atoms with Gasteiger partial charge in [0.1, 0.15) is 5.52 Å². The Bertz CT molecular complexity index is 591. The van der Waals surface area contributed by atoms with Gasteiger partial charge in [-0.1, -0.05) is 13.3 Å². The first-order valence-corrected chi connectivity index (χ1v) is 6.62. The first kappa shape index (κ1) is 15.6. The molecule has 2 rings (SSSR count). The van der Waals surface area contributed by atoms with E-state index in [1.54, 1.807) is 7.11 Å². The van der Waals surface area contributed by atoms with Crippen molar-refractivity contribution in [2.24, 2.45) is 0 Å². The Kier molecular flexibility index (Phi) is 4.66. The molecule has 0 aliphatic carbocycles. The van der Waals surface area contributed by atoms with Crippen LogP contribution in [0.5, 0.6) is 0 Å². The van der Waals surface area contributed by atoms with Gasteiger partial charge in [0.2, 0.25) is 0 Å². The number of nitrogens with zero attached hydrogens (tertiary/aromatic N) is 3. The number of rotatable bonds is 6. The zero-order valence-corrected chi connectivity index (χ0v) is 11.8. The van der Waals surface area contributed by atoms with Crippen molar-refractivity contribution in [3.63, 3.8) is 0 Å². The molecule has 5 nitrogen and oxygen atoms in total. The van der Waals surface area contributed by atoms with Crippen molar-refractivity contribution < 1.29 is 17.9 Å². The molecule has 0 fully saturated rings. The second kappa shape index (κ2) is 6.30. The van der Waals surface area contributed by atoms with Crippen LogP contribution in [-0.2, 0) is 10.9 Å². The smallest absolute Gasteiger partial charge is 0.383 e. The summed E-state index contributed by atoms with van der Waals surface area (Å²) < 4.78 is 44.5. The quantitative estimate of drug-likeness (QED) is 0.891. The third-order valence-electron chi connectivity index (χ3n) is 3.03. The predicted molar refractivity (Wildman–Crippen MR) is 72.2 cm³/mol. The van der Waals surface area contributed by atoms with E-state index in [1.165, 1.54) is 16.9 Å². The second-order valence-electron chi connectivity index (χ2n) is 4.72. The highest BCUT2D eigenvalue weighted by Gasteiger charge is 2.34. The Labute approximate surface area is 120 Å². The second-order valence-corrected chi connectivity index (χ2v) is 4.72. The summed E-state index contributed by atoms with van der Waals surface area (Å²) in [7, 11) is 1.58. The largest absolute Gasteiger partial charge is 0.435 e. The maximum absolute atomic E-state index is 12.7. The van der Waals surface area contributed by atoms with E-state index in [4.69, 9.17) is 4.74 Å². The van der Waals surface area contributed by atoms with Crippen LogP contribution in [0.1, 0.15) is 25.5 Å². The lowest BCUT2D eigenvalue weighted by molar-refractivity contribution is -0.141. The molecule has 0 saturated heterocycles. The fourth-order valence-corrected chi connectivity index (χ4v) is 2.11. The van der Waals surface area contributed by atoms with E-state index in [1.807, 2.05) is 6.92 Å². The summed E-state index contributed by atoms with van der Waals surface area (Å²) in [5.41, 5.74) is -0.639. The van der Waals surface area contributed by atoms with Crippen molar-refractivity contribution in [1.29, 1.82) is 0 Å². The minimum Gasteiger partial charge on any atom is -0.383 e. The van der Waals surface area contributed by atoms with E-state index in [0.29, 0.717) is 17.9 Å². The Morgan fingerprint density at radius 1 is 1.43 bits per heavy atom. The number of anilines is 1. The Morgan fingerprint density at radius 2 is 2.19 bits per heavy atom. The monoisotopic (exact) mass is 302 g/mol. The van der Waals surface area contributed by atoms with Gasteiger partial charge in [0.05, 0.1) is 12.6 Å². The molecule has 0 aliphatic heterocycles. The molecule has 2 aromatic rings. The van der Waals surface area contributed by atoms with Crippen molar-refractivity contribution in [1.82, 2.24) is 14.6 Å². The highest BCUT2D eigenvalue weighted by molar-refractivity contribution is 5.68. The molecule has 0 amide bonds. The number of halogens is 3. The molecule has 0 aliphatic rings. The molecule has 2 heterocycles. The molecule has 1 unspecified atom stereocenters. The van der Waals surface area contributed by atoms with Crippen LogP contribution in [0.2, 0.25) is 0 Å². The zero-order chi connectivity index (χ0) is 15.5. The lowest BCUT2D eigenvalue weighted by Gasteiger charge is -2.18. The van der Waals surface area contributed by atoms with Crippen LogP contribution in [0.25, 0.3) is 5.52 Å². The molecule has 1 N–H and O–H groups in total. The highest BCUT2D eigenvalue weighted by Crippen LogP contribution is 2.30. The molecule has 116 valence electrons. The predicted octanol–water partition coefficient (Wildman–Crippen LogP) is 2.98. The van der Waals surface area contributed by atoms with Gasteiger partial charge in [0.25, 0.3) is 0 Å². The van der Waals surface area contributed by atoms with E-state index in [0.717, 1.165) is 18.9 Å². The van der Waals surface area contributed by atoms with E-state index in [-0.39, 0.29) is 6.04 Å². The van der Waals surface area contributed by atoms with Crippen molar-refractivity contribution in [3.8, 4) is 0 Å². The molecule has 0 spiro atoms. The highest BCUT2D eigenvalue weighted by atomic mass is 19.4. The molecule has 0 aromatic carbocycles. The average Bonchev–Trinajstić information content (AvgIpc) is 2.84. The number of fused-ring (bicyclic) bond motifs is 1. The minimum absolute atomic E-state index is 0.0112. The number of nitrogens with one attached hydrogen (secondary N) is 1. The number of alkyl halides is 3. The van der Waals surface area contributed by atoms with Crippen LogP contribution in [0.15, 0.2) is 18.5 Å². The minimum atomic E-state index is -4.47. The fourth-order valence-electron chi connectivity index (χ4n) is 2.11. The summed E-state index contributed by atoms with van der Waals surface area (Å²) in [5, 5.41) is 6.65.